The van der Waals surface area contributed by atoms with Gasteiger partial charge in [0.05, 0.1) is 12.7 Å². The Bertz CT molecular complexity index is 455. The van der Waals surface area contributed by atoms with Crippen LogP contribution in [0.1, 0.15) is 30.1 Å². The van der Waals surface area contributed by atoms with Crippen molar-refractivity contribution in [3.05, 3.63) is 23.8 Å². The minimum Gasteiger partial charge on any atom is -0.496 e. The molecule has 0 aromatic heterocycles. The third kappa shape index (κ3) is 2.42. The summed E-state index contributed by atoms with van der Waals surface area (Å²) in [4.78, 5) is 14.2. The zero-order chi connectivity index (χ0) is 13.3. The molecule has 1 fully saturated rings. The fourth-order valence-corrected chi connectivity index (χ4v) is 2.15. The van der Waals surface area contributed by atoms with Gasteiger partial charge in [0.25, 0.3) is 5.91 Å². The average Bonchev–Trinajstić information content (AvgIpc) is 3.20. The molecule has 0 bridgehead atoms. The van der Waals surface area contributed by atoms with Crippen LogP contribution in [0.25, 0.3) is 0 Å². The summed E-state index contributed by atoms with van der Waals surface area (Å²) < 4.78 is 5.23. The molecule has 2 N–H and O–H groups in total. The highest BCUT2D eigenvalue weighted by Gasteiger charge is 2.33. The molecule has 0 heterocycles. The highest BCUT2D eigenvalue weighted by atomic mass is 16.5. The largest absolute Gasteiger partial charge is 0.496 e. The molecule has 0 radical (unpaired) electrons. The monoisotopic (exact) mass is 248 g/mol. The zero-order valence-corrected chi connectivity index (χ0v) is 11.1. The van der Waals surface area contributed by atoms with E-state index in [4.69, 9.17) is 10.5 Å². The van der Waals surface area contributed by atoms with E-state index in [0.29, 0.717) is 22.9 Å². The van der Waals surface area contributed by atoms with Crippen LogP contribution in [-0.2, 0) is 0 Å². The second-order valence-electron chi connectivity index (χ2n) is 4.95. The molecule has 0 aliphatic heterocycles. The van der Waals surface area contributed by atoms with Crippen molar-refractivity contribution in [1.82, 2.24) is 4.90 Å². The minimum absolute atomic E-state index is 0.00810. The van der Waals surface area contributed by atoms with Gasteiger partial charge in [-0.05, 0) is 37.8 Å². The quantitative estimate of drug-likeness (QED) is 0.831. The number of hydrogen-bond donors (Lipinski definition) is 1. The number of amides is 1. The minimum atomic E-state index is -0.00810. The van der Waals surface area contributed by atoms with Crippen molar-refractivity contribution in [2.45, 2.75) is 25.8 Å². The molecule has 1 amide bonds. The third-order valence-electron chi connectivity index (χ3n) is 3.69. The normalized spacial score (nSPS) is 16.2. The lowest BCUT2D eigenvalue weighted by Crippen LogP contribution is -2.36. The van der Waals surface area contributed by atoms with Crippen molar-refractivity contribution in [3.63, 3.8) is 0 Å². The number of anilines is 1. The first kappa shape index (κ1) is 12.7. The average molecular weight is 248 g/mol. The number of nitrogen functional groups attached to an aromatic ring is 1. The Morgan fingerprint density at radius 3 is 2.72 bits per heavy atom. The SMILES string of the molecule is COc1cc(N)ccc1C(=O)N(C)C(C)C1CC1. The Hall–Kier alpha value is -1.71. The number of nitrogens with zero attached hydrogens (tertiary/aromatic N) is 1. The fourth-order valence-electron chi connectivity index (χ4n) is 2.15. The molecule has 1 aromatic carbocycles. The summed E-state index contributed by atoms with van der Waals surface area (Å²) in [6, 6.07) is 5.42. The van der Waals surface area contributed by atoms with Gasteiger partial charge < -0.3 is 15.4 Å². The molecule has 98 valence electrons. The second kappa shape index (κ2) is 4.88. The molecular weight excluding hydrogens is 228 g/mol. The molecule has 2 rings (SSSR count). The number of carbonyl (C=O) groups excluding carboxylic acids is 1. The predicted molar refractivity (Wildman–Crippen MR) is 71.7 cm³/mol. The van der Waals surface area contributed by atoms with Crippen LogP contribution in [0.2, 0.25) is 0 Å². The maximum atomic E-state index is 12.4. The van der Waals surface area contributed by atoms with Crippen molar-refractivity contribution in [2.24, 2.45) is 5.92 Å². The molecule has 0 saturated heterocycles. The van der Waals surface area contributed by atoms with Gasteiger partial charge in [-0.25, -0.2) is 0 Å². The Balaban J connectivity index is 2.21. The molecule has 4 heteroatoms. The lowest BCUT2D eigenvalue weighted by molar-refractivity contribution is 0.0724. The first-order chi connectivity index (χ1) is 8.54. The maximum Gasteiger partial charge on any atom is 0.257 e. The first-order valence-electron chi connectivity index (χ1n) is 6.25. The number of hydrogen-bond acceptors (Lipinski definition) is 3. The summed E-state index contributed by atoms with van der Waals surface area (Å²) in [6.45, 7) is 2.10. The molecule has 1 aliphatic rings. The van der Waals surface area contributed by atoms with Gasteiger partial charge in [-0.15, -0.1) is 0 Å². The van der Waals surface area contributed by atoms with Crippen LogP contribution in [-0.4, -0.2) is 31.0 Å². The van der Waals surface area contributed by atoms with E-state index in [1.165, 1.54) is 12.8 Å². The van der Waals surface area contributed by atoms with Crippen molar-refractivity contribution in [1.29, 1.82) is 0 Å². The van der Waals surface area contributed by atoms with E-state index in [0.717, 1.165) is 0 Å². The number of benzene rings is 1. The molecule has 1 unspecified atom stereocenters. The highest BCUT2D eigenvalue weighted by molar-refractivity contribution is 5.97. The summed E-state index contributed by atoms with van der Waals surface area (Å²) in [5.74, 6) is 1.18. The number of carbonyl (C=O) groups is 1. The molecular formula is C14H20N2O2. The van der Waals surface area contributed by atoms with Crippen LogP contribution in [0.3, 0.4) is 0 Å². The lowest BCUT2D eigenvalue weighted by atomic mass is 10.1. The van der Waals surface area contributed by atoms with Crippen LogP contribution >= 0.6 is 0 Å². The number of nitrogens with two attached hydrogens (primary N) is 1. The van der Waals surface area contributed by atoms with E-state index in [9.17, 15) is 4.79 Å². The Morgan fingerprint density at radius 2 is 2.17 bits per heavy atom. The van der Waals surface area contributed by atoms with Crippen LogP contribution < -0.4 is 10.5 Å². The third-order valence-corrected chi connectivity index (χ3v) is 3.69. The summed E-state index contributed by atoms with van der Waals surface area (Å²) >= 11 is 0. The summed E-state index contributed by atoms with van der Waals surface area (Å²) in [7, 11) is 3.40. The Kier molecular flexibility index (Phi) is 3.45. The standard InChI is InChI=1S/C14H20N2O2/c1-9(10-4-5-10)16(2)14(17)12-7-6-11(15)8-13(12)18-3/h6-10H,4-5,15H2,1-3H3. The van der Waals surface area contributed by atoms with Gasteiger partial charge >= 0.3 is 0 Å². The van der Waals surface area contributed by atoms with E-state index >= 15 is 0 Å². The fraction of sp³-hybridized carbons (Fsp3) is 0.500. The van der Waals surface area contributed by atoms with Crippen molar-refractivity contribution in [2.75, 3.05) is 19.9 Å². The van der Waals surface area contributed by atoms with Gasteiger partial charge in [-0.1, -0.05) is 0 Å². The second-order valence-corrected chi connectivity index (χ2v) is 4.95. The van der Waals surface area contributed by atoms with Crippen LogP contribution in [0.5, 0.6) is 5.75 Å². The van der Waals surface area contributed by atoms with Gasteiger partial charge in [0.1, 0.15) is 5.75 Å². The molecule has 4 nitrogen and oxygen atoms in total. The summed E-state index contributed by atoms with van der Waals surface area (Å²) in [6.07, 6.45) is 2.44. The van der Waals surface area contributed by atoms with Gasteiger partial charge in [0.2, 0.25) is 0 Å². The van der Waals surface area contributed by atoms with E-state index in [-0.39, 0.29) is 11.9 Å². The van der Waals surface area contributed by atoms with Gasteiger partial charge in [-0.3, -0.25) is 4.79 Å². The topological polar surface area (TPSA) is 55.6 Å². The smallest absolute Gasteiger partial charge is 0.257 e. The van der Waals surface area contributed by atoms with Crippen molar-refractivity contribution in [3.8, 4) is 5.75 Å². The summed E-state index contributed by atoms with van der Waals surface area (Å²) in [5, 5.41) is 0. The number of ether oxygens (including phenoxy) is 1. The van der Waals surface area contributed by atoms with Gasteiger partial charge in [0, 0.05) is 24.8 Å². The maximum absolute atomic E-state index is 12.4. The molecule has 0 spiro atoms. The van der Waals surface area contributed by atoms with Crippen molar-refractivity contribution >= 4 is 11.6 Å². The molecule has 1 aromatic rings. The molecule has 1 atom stereocenters. The lowest BCUT2D eigenvalue weighted by Gasteiger charge is -2.25. The van der Waals surface area contributed by atoms with Crippen LogP contribution in [0, 0.1) is 5.92 Å². The van der Waals surface area contributed by atoms with E-state index in [2.05, 4.69) is 6.92 Å². The predicted octanol–water partition coefficient (Wildman–Crippen LogP) is 2.15. The van der Waals surface area contributed by atoms with Gasteiger partial charge in [-0.2, -0.15) is 0 Å². The number of rotatable bonds is 4. The van der Waals surface area contributed by atoms with Gasteiger partial charge in [0.15, 0.2) is 0 Å². The van der Waals surface area contributed by atoms with E-state index in [1.54, 1.807) is 30.2 Å². The van der Waals surface area contributed by atoms with E-state index in [1.807, 2.05) is 7.05 Å². The first-order valence-corrected chi connectivity index (χ1v) is 6.25. The molecule has 1 saturated carbocycles. The van der Waals surface area contributed by atoms with E-state index < -0.39 is 0 Å². The molecule has 1 aliphatic carbocycles. The summed E-state index contributed by atoms with van der Waals surface area (Å²) in [5.41, 5.74) is 6.86. The van der Waals surface area contributed by atoms with Crippen LogP contribution in [0.15, 0.2) is 18.2 Å². The van der Waals surface area contributed by atoms with Crippen LogP contribution in [0.4, 0.5) is 5.69 Å². The Morgan fingerprint density at radius 1 is 1.50 bits per heavy atom. The molecule has 18 heavy (non-hydrogen) atoms. The zero-order valence-electron chi connectivity index (χ0n) is 11.1. The number of methoxy groups -OCH3 is 1. The highest BCUT2D eigenvalue weighted by Crippen LogP contribution is 2.35. The van der Waals surface area contributed by atoms with Crippen molar-refractivity contribution < 1.29 is 9.53 Å². The Labute approximate surface area is 108 Å².